The highest BCUT2D eigenvalue weighted by molar-refractivity contribution is 5.94. The molecule has 0 aliphatic carbocycles. The molecule has 4 unspecified atom stereocenters. The molecule has 0 fully saturated rings. The van der Waals surface area contributed by atoms with Crippen LogP contribution in [0.2, 0.25) is 0 Å². The van der Waals surface area contributed by atoms with Crippen LogP contribution in [0, 0.1) is 0 Å². The van der Waals surface area contributed by atoms with Gasteiger partial charge in [-0.1, -0.05) is 18.2 Å². The Morgan fingerprint density at radius 3 is 2.41 bits per heavy atom. The van der Waals surface area contributed by atoms with Crippen LogP contribution in [0.15, 0.2) is 30.5 Å². The number of carboxylic acids is 1. The first-order valence-electron chi connectivity index (χ1n) is 9.83. The molecule has 0 radical (unpaired) electrons. The standard InChI is InChI=1S/C20H27N5O7/c1-10(27)17(25-18(30)13(21)9-26)20(32)24-15(19(31)23-8-16(28)29)6-11-7-22-14-5-3-2-4-12(11)14/h2-5,7,10,13,15,17,22,26-27H,6,8-9,21H2,1H3,(H,23,31)(H,24,32)(H,25,30)(H,28,29). The Hall–Kier alpha value is -3.48. The fourth-order valence-electron chi connectivity index (χ4n) is 3.03. The fourth-order valence-corrected chi connectivity index (χ4v) is 3.03. The number of benzene rings is 1. The Labute approximate surface area is 183 Å². The number of aromatic nitrogens is 1. The monoisotopic (exact) mass is 449 g/mol. The zero-order valence-corrected chi connectivity index (χ0v) is 17.4. The number of carboxylic acid groups (broad SMARTS) is 1. The van der Waals surface area contributed by atoms with E-state index in [4.69, 9.17) is 15.9 Å². The maximum atomic E-state index is 12.8. The number of aromatic amines is 1. The maximum Gasteiger partial charge on any atom is 0.322 e. The van der Waals surface area contributed by atoms with Gasteiger partial charge in [0, 0.05) is 23.5 Å². The Balaban J connectivity index is 2.23. The van der Waals surface area contributed by atoms with E-state index in [1.165, 1.54) is 6.92 Å². The summed E-state index contributed by atoms with van der Waals surface area (Å²) in [6, 6.07) is 3.33. The van der Waals surface area contributed by atoms with Crippen LogP contribution in [-0.4, -0.2) is 81.4 Å². The molecule has 0 aliphatic rings. The lowest BCUT2D eigenvalue weighted by atomic mass is 10.0. The molecule has 3 amide bonds. The van der Waals surface area contributed by atoms with E-state index in [9.17, 15) is 24.3 Å². The fraction of sp³-hybridized carbons (Fsp3) is 0.400. The number of carbonyl (C=O) groups is 4. The first kappa shape index (κ1) is 24.8. The molecule has 0 bridgehead atoms. The summed E-state index contributed by atoms with van der Waals surface area (Å²) in [7, 11) is 0. The van der Waals surface area contributed by atoms with Gasteiger partial charge in [-0.25, -0.2) is 0 Å². The SMILES string of the molecule is CC(O)C(NC(=O)C(N)CO)C(=O)NC(Cc1c[nH]c2ccccc12)C(=O)NCC(=O)O. The van der Waals surface area contributed by atoms with E-state index >= 15 is 0 Å². The largest absolute Gasteiger partial charge is 0.480 e. The summed E-state index contributed by atoms with van der Waals surface area (Å²) in [4.78, 5) is 51.2. The van der Waals surface area contributed by atoms with Crippen molar-refractivity contribution in [2.75, 3.05) is 13.2 Å². The normalized spacial score (nSPS) is 14.8. The van der Waals surface area contributed by atoms with Gasteiger partial charge in [-0.05, 0) is 18.6 Å². The molecule has 32 heavy (non-hydrogen) atoms. The third kappa shape index (κ3) is 6.51. The average molecular weight is 449 g/mol. The lowest BCUT2D eigenvalue weighted by molar-refractivity contribution is -0.138. The number of hydrogen-bond acceptors (Lipinski definition) is 7. The van der Waals surface area contributed by atoms with Crippen LogP contribution < -0.4 is 21.7 Å². The van der Waals surface area contributed by atoms with E-state index < -0.39 is 61.1 Å². The average Bonchev–Trinajstić information content (AvgIpc) is 3.16. The maximum absolute atomic E-state index is 12.8. The minimum atomic E-state index is -1.46. The lowest BCUT2D eigenvalue weighted by Crippen LogP contribution is -2.59. The highest BCUT2D eigenvalue weighted by Crippen LogP contribution is 2.19. The predicted octanol–water partition coefficient (Wildman–Crippen LogP) is -2.42. The van der Waals surface area contributed by atoms with Gasteiger partial charge in [0.25, 0.3) is 0 Å². The molecule has 9 N–H and O–H groups in total. The number of nitrogens with one attached hydrogen (secondary N) is 4. The van der Waals surface area contributed by atoms with Gasteiger partial charge in [0.1, 0.15) is 24.7 Å². The van der Waals surface area contributed by atoms with Crippen molar-refractivity contribution in [3.05, 3.63) is 36.0 Å². The number of carbonyl (C=O) groups excluding carboxylic acids is 3. The lowest BCUT2D eigenvalue weighted by Gasteiger charge is -2.25. The predicted molar refractivity (Wildman–Crippen MR) is 113 cm³/mol. The zero-order valence-electron chi connectivity index (χ0n) is 17.4. The Morgan fingerprint density at radius 2 is 1.78 bits per heavy atom. The minimum absolute atomic E-state index is 0.0117. The van der Waals surface area contributed by atoms with Crippen LogP contribution in [-0.2, 0) is 25.6 Å². The van der Waals surface area contributed by atoms with Gasteiger partial charge in [-0.3, -0.25) is 19.2 Å². The molecule has 0 aliphatic heterocycles. The van der Waals surface area contributed by atoms with Crippen LogP contribution in [0.3, 0.4) is 0 Å². The highest BCUT2D eigenvalue weighted by Gasteiger charge is 2.31. The molecule has 0 spiro atoms. The Bertz CT molecular complexity index is 974. The molecule has 0 saturated carbocycles. The summed E-state index contributed by atoms with van der Waals surface area (Å²) < 4.78 is 0. The molecule has 174 valence electrons. The van der Waals surface area contributed by atoms with Gasteiger partial charge in [0.15, 0.2) is 0 Å². The number of amides is 3. The third-order valence-corrected chi connectivity index (χ3v) is 4.74. The van der Waals surface area contributed by atoms with Gasteiger partial charge < -0.3 is 42.0 Å². The molecule has 1 heterocycles. The molecule has 2 aromatic rings. The first-order valence-corrected chi connectivity index (χ1v) is 9.83. The van der Waals surface area contributed by atoms with Gasteiger partial charge >= 0.3 is 5.97 Å². The van der Waals surface area contributed by atoms with Crippen LogP contribution >= 0.6 is 0 Å². The second-order valence-corrected chi connectivity index (χ2v) is 7.25. The van der Waals surface area contributed by atoms with Crippen molar-refractivity contribution in [1.29, 1.82) is 0 Å². The summed E-state index contributed by atoms with van der Waals surface area (Å²) in [6.07, 6.45) is 0.334. The minimum Gasteiger partial charge on any atom is -0.480 e. The van der Waals surface area contributed by atoms with Gasteiger partial charge in [-0.15, -0.1) is 0 Å². The Kier molecular flexibility index (Phi) is 8.70. The zero-order chi connectivity index (χ0) is 23.8. The van der Waals surface area contributed by atoms with Crippen LogP contribution in [0.25, 0.3) is 10.9 Å². The smallest absolute Gasteiger partial charge is 0.322 e. The topological polar surface area (TPSA) is 207 Å². The molecule has 12 nitrogen and oxygen atoms in total. The molecular weight excluding hydrogens is 422 g/mol. The van der Waals surface area contributed by atoms with E-state index in [-0.39, 0.29) is 6.42 Å². The first-order chi connectivity index (χ1) is 15.1. The van der Waals surface area contributed by atoms with Crippen molar-refractivity contribution < 1.29 is 34.5 Å². The molecule has 0 saturated heterocycles. The summed E-state index contributed by atoms with van der Waals surface area (Å²) in [6.45, 7) is -0.0596. The van der Waals surface area contributed by atoms with Crippen molar-refractivity contribution in [3.63, 3.8) is 0 Å². The van der Waals surface area contributed by atoms with E-state index in [0.29, 0.717) is 5.56 Å². The van der Waals surface area contributed by atoms with Crippen molar-refractivity contribution in [1.82, 2.24) is 20.9 Å². The summed E-state index contributed by atoms with van der Waals surface area (Å²) >= 11 is 0. The van der Waals surface area contributed by atoms with E-state index in [0.717, 1.165) is 10.9 Å². The van der Waals surface area contributed by atoms with Crippen LogP contribution in [0.1, 0.15) is 12.5 Å². The highest BCUT2D eigenvalue weighted by atomic mass is 16.4. The third-order valence-electron chi connectivity index (χ3n) is 4.74. The summed E-state index contributed by atoms with van der Waals surface area (Å²) in [5.41, 5.74) is 6.93. The van der Waals surface area contributed by atoms with E-state index in [1.807, 2.05) is 18.2 Å². The second-order valence-electron chi connectivity index (χ2n) is 7.25. The number of nitrogens with two attached hydrogens (primary N) is 1. The molecule has 2 rings (SSSR count). The van der Waals surface area contributed by atoms with Crippen molar-refractivity contribution in [2.24, 2.45) is 5.73 Å². The number of H-pyrrole nitrogens is 1. The molecule has 4 atom stereocenters. The van der Waals surface area contributed by atoms with Crippen molar-refractivity contribution in [2.45, 2.75) is 37.6 Å². The number of rotatable bonds is 11. The number of aliphatic hydroxyl groups is 2. The summed E-state index contributed by atoms with van der Waals surface area (Å²) in [5.74, 6) is -3.76. The number of fused-ring (bicyclic) bond motifs is 1. The van der Waals surface area contributed by atoms with Gasteiger partial charge in [0.2, 0.25) is 17.7 Å². The van der Waals surface area contributed by atoms with Gasteiger partial charge in [0.05, 0.1) is 12.7 Å². The van der Waals surface area contributed by atoms with Crippen molar-refractivity contribution in [3.8, 4) is 0 Å². The number of hydrogen-bond donors (Lipinski definition) is 8. The molecular formula is C20H27N5O7. The van der Waals surface area contributed by atoms with Crippen LogP contribution in [0.5, 0.6) is 0 Å². The van der Waals surface area contributed by atoms with Crippen molar-refractivity contribution >= 4 is 34.6 Å². The molecule has 1 aromatic heterocycles. The van der Waals surface area contributed by atoms with E-state index in [1.54, 1.807) is 12.3 Å². The number of para-hydroxylation sites is 1. The molecule has 1 aromatic carbocycles. The molecule has 12 heteroatoms. The van der Waals surface area contributed by atoms with Crippen LogP contribution in [0.4, 0.5) is 0 Å². The quantitative estimate of drug-likeness (QED) is 0.185. The van der Waals surface area contributed by atoms with Gasteiger partial charge in [-0.2, -0.15) is 0 Å². The summed E-state index contributed by atoms with van der Waals surface area (Å²) in [5, 5.41) is 35.5. The number of aliphatic hydroxyl groups excluding tert-OH is 2. The Morgan fingerprint density at radius 1 is 1.09 bits per heavy atom. The number of aliphatic carboxylic acids is 1. The van der Waals surface area contributed by atoms with E-state index in [2.05, 4.69) is 20.9 Å². The second kappa shape index (κ2) is 11.2.